The van der Waals surface area contributed by atoms with Crippen LogP contribution in [0.4, 0.5) is 0 Å². The molecular weight excluding hydrogens is 339 g/mol. The van der Waals surface area contributed by atoms with Gasteiger partial charge >= 0.3 is 0 Å². The molecule has 0 radical (unpaired) electrons. The van der Waals surface area contributed by atoms with Crippen LogP contribution in [0.5, 0.6) is 5.75 Å². The van der Waals surface area contributed by atoms with E-state index in [2.05, 4.69) is 27.6 Å². The number of pyridine rings is 1. The standard InChI is InChI=1S/C14H11IN2O/c15-12-5-1-2-6-13(12)18-10-11-9-17-8-4-3-7-14(17)16-11/h1-9H,10H2. The fourth-order valence-corrected chi connectivity index (χ4v) is 2.31. The van der Waals surface area contributed by atoms with Gasteiger partial charge < -0.3 is 9.14 Å². The highest BCUT2D eigenvalue weighted by Gasteiger charge is 2.03. The van der Waals surface area contributed by atoms with E-state index in [-0.39, 0.29) is 0 Å². The van der Waals surface area contributed by atoms with Crippen LogP contribution in [0, 0.1) is 3.57 Å². The highest BCUT2D eigenvalue weighted by molar-refractivity contribution is 14.1. The zero-order valence-corrected chi connectivity index (χ0v) is 11.7. The minimum Gasteiger partial charge on any atom is -0.486 e. The van der Waals surface area contributed by atoms with Crippen LogP contribution in [-0.4, -0.2) is 9.38 Å². The summed E-state index contributed by atoms with van der Waals surface area (Å²) in [4.78, 5) is 4.49. The van der Waals surface area contributed by atoms with Crippen molar-refractivity contribution < 1.29 is 4.74 Å². The number of benzene rings is 1. The molecule has 0 aliphatic carbocycles. The first-order valence-electron chi connectivity index (χ1n) is 5.63. The molecule has 0 bridgehead atoms. The molecule has 0 amide bonds. The Bertz CT molecular complexity index is 645. The molecule has 2 aromatic heterocycles. The highest BCUT2D eigenvalue weighted by Crippen LogP contribution is 2.20. The first-order chi connectivity index (χ1) is 8.83. The molecule has 0 atom stereocenters. The lowest BCUT2D eigenvalue weighted by molar-refractivity contribution is 0.300. The van der Waals surface area contributed by atoms with Gasteiger partial charge in [0, 0.05) is 12.4 Å². The Morgan fingerprint density at radius 3 is 2.78 bits per heavy atom. The molecule has 3 nitrogen and oxygen atoms in total. The van der Waals surface area contributed by atoms with Crippen LogP contribution < -0.4 is 4.74 Å². The number of ether oxygens (including phenoxy) is 1. The van der Waals surface area contributed by atoms with Gasteiger partial charge in [-0.15, -0.1) is 0 Å². The van der Waals surface area contributed by atoms with Crippen LogP contribution in [0.25, 0.3) is 5.65 Å². The minimum atomic E-state index is 0.488. The summed E-state index contributed by atoms with van der Waals surface area (Å²) in [6.07, 6.45) is 3.98. The van der Waals surface area contributed by atoms with Crippen LogP contribution in [0.1, 0.15) is 5.69 Å². The lowest BCUT2D eigenvalue weighted by atomic mass is 10.3. The molecular formula is C14H11IN2O. The maximum Gasteiger partial charge on any atom is 0.137 e. The molecule has 0 saturated heterocycles. The van der Waals surface area contributed by atoms with Crippen LogP contribution in [0.15, 0.2) is 54.9 Å². The summed E-state index contributed by atoms with van der Waals surface area (Å²) in [7, 11) is 0. The molecule has 3 rings (SSSR count). The third-order valence-corrected chi connectivity index (χ3v) is 3.52. The zero-order chi connectivity index (χ0) is 12.4. The van der Waals surface area contributed by atoms with E-state index < -0.39 is 0 Å². The fraction of sp³-hybridized carbons (Fsp3) is 0.0714. The average molecular weight is 350 g/mol. The molecule has 2 heterocycles. The average Bonchev–Trinajstić information content (AvgIpc) is 2.80. The lowest BCUT2D eigenvalue weighted by Gasteiger charge is -2.05. The van der Waals surface area contributed by atoms with E-state index in [1.165, 1.54) is 0 Å². The van der Waals surface area contributed by atoms with E-state index in [1.54, 1.807) is 0 Å². The van der Waals surface area contributed by atoms with Gasteiger partial charge in [0.15, 0.2) is 0 Å². The van der Waals surface area contributed by atoms with Crippen LogP contribution in [0.3, 0.4) is 0 Å². The molecule has 3 aromatic rings. The number of rotatable bonds is 3. The van der Waals surface area contributed by atoms with Gasteiger partial charge in [-0.25, -0.2) is 4.98 Å². The summed E-state index contributed by atoms with van der Waals surface area (Å²) >= 11 is 2.27. The number of halogens is 1. The first kappa shape index (κ1) is 11.5. The summed E-state index contributed by atoms with van der Waals surface area (Å²) in [6.45, 7) is 0.488. The summed E-state index contributed by atoms with van der Waals surface area (Å²) in [5, 5.41) is 0. The van der Waals surface area contributed by atoms with Gasteiger partial charge in [-0.3, -0.25) is 0 Å². The Balaban J connectivity index is 1.79. The van der Waals surface area contributed by atoms with Gasteiger partial charge in [0.1, 0.15) is 18.0 Å². The Kier molecular flexibility index (Phi) is 3.19. The molecule has 0 aliphatic heterocycles. The number of fused-ring (bicyclic) bond motifs is 1. The lowest BCUT2D eigenvalue weighted by Crippen LogP contribution is -1.96. The molecule has 18 heavy (non-hydrogen) atoms. The van der Waals surface area contributed by atoms with E-state index in [1.807, 2.05) is 59.3 Å². The van der Waals surface area contributed by atoms with Crippen molar-refractivity contribution in [2.24, 2.45) is 0 Å². The summed E-state index contributed by atoms with van der Waals surface area (Å²) < 4.78 is 8.87. The Labute approximate surface area is 119 Å². The second-order valence-corrected chi connectivity index (χ2v) is 5.08. The van der Waals surface area contributed by atoms with Gasteiger partial charge in [0.05, 0.1) is 9.26 Å². The number of aromatic nitrogens is 2. The Morgan fingerprint density at radius 2 is 1.94 bits per heavy atom. The van der Waals surface area contributed by atoms with Gasteiger partial charge in [-0.2, -0.15) is 0 Å². The fourth-order valence-electron chi connectivity index (χ4n) is 1.77. The van der Waals surface area contributed by atoms with Crippen molar-refractivity contribution in [3.63, 3.8) is 0 Å². The number of para-hydroxylation sites is 1. The molecule has 0 fully saturated rings. The molecule has 4 heteroatoms. The maximum atomic E-state index is 5.77. The van der Waals surface area contributed by atoms with Crippen molar-refractivity contribution in [3.8, 4) is 5.75 Å². The number of hydrogen-bond acceptors (Lipinski definition) is 2. The quantitative estimate of drug-likeness (QED) is 0.676. The summed E-state index contributed by atoms with van der Waals surface area (Å²) in [6, 6.07) is 13.9. The van der Waals surface area contributed by atoms with Gasteiger partial charge in [-0.05, 0) is 46.9 Å². The third kappa shape index (κ3) is 2.33. The predicted molar refractivity (Wildman–Crippen MR) is 78.7 cm³/mol. The summed E-state index contributed by atoms with van der Waals surface area (Å²) in [5.41, 5.74) is 1.87. The smallest absolute Gasteiger partial charge is 0.137 e. The first-order valence-corrected chi connectivity index (χ1v) is 6.71. The van der Waals surface area contributed by atoms with Crippen molar-refractivity contribution in [2.45, 2.75) is 6.61 Å². The van der Waals surface area contributed by atoms with Crippen LogP contribution >= 0.6 is 22.6 Å². The van der Waals surface area contributed by atoms with E-state index >= 15 is 0 Å². The summed E-state index contributed by atoms with van der Waals surface area (Å²) in [5.74, 6) is 0.898. The zero-order valence-electron chi connectivity index (χ0n) is 9.58. The van der Waals surface area contributed by atoms with Crippen LogP contribution in [0.2, 0.25) is 0 Å². The molecule has 0 saturated carbocycles. The molecule has 0 spiro atoms. The topological polar surface area (TPSA) is 26.5 Å². The number of imidazole rings is 1. The van der Waals surface area contributed by atoms with E-state index in [0.29, 0.717) is 6.61 Å². The third-order valence-electron chi connectivity index (χ3n) is 2.63. The van der Waals surface area contributed by atoms with Crippen LogP contribution in [-0.2, 0) is 6.61 Å². The largest absolute Gasteiger partial charge is 0.486 e. The Hall–Kier alpha value is -1.56. The Morgan fingerprint density at radius 1 is 1.11 bits per heavy atom. The molecule has 0 aliphatic rings. The van der Waals surface area contributed by atoms with Crippen molar-refractivity contribution in [3.05, 3.63) is 64.1 Å². The second kappa shape index (κ2) is 4.97. The predicted octanol–water partition coefficient (Wildman–Crippen LogP) is 3.52. The van der Waals surface area contributed by atoms with Gasteiger partial charge in [0.25, 0.3) is 0 Å². The van der Waals surface area contributed by atoms with Crippen molar-refractivity contribution in [1.29, 1.82) is 0 Å². The number of hydrogen-bond donors (Lipinski definition) is 0. The molecule has 90 valence electrons. The van der Waals surface area contributed by atoms with Crippen molar-refractivity contribution >= 4 is 28.2 Å². The molecule has 1 aromatic carbocycles. The molecule has 0 unspecified atom stereocenters. The van der Waals surface area contributed by atoms with Crippen molar-refractivity contribution in [1.82, 2.24) is 9.38 Å². The SMILES string of the molecule is Ic1ccccc1OCc1cn2ccccc2n1. The van der Waals surface area contributed by atoms with Gasteiger partial charge in [-0.1, -0.05) is 18.2 Å². The van der Waals surface area contributed by atoms with E-state index in [9.17, 15) is 0 Å². The molecule has 0 N–H and O–H groups in total. The second-order valence-electron chi connectivity index (χ2n) is 3.92. The normalized spacial score (nSPS) is 10.7. The van der Waals surface area contributed by atoms with Crippen molar-refractivity contribution in [2.75, 3.05) is 0 Å². The van der Waals surface area contributed by atoms with E-state index in [0.717, 1.165) is 20.7 Å². The monoisotopic (exact) mass is 350 g/mol. The maximum absolute atomic E-state index is 5.77. The van der Waals surface area contributed by atoms with Gasteiger partial charge in [0.2, 0.25) is 0 Å². The number of nitrogens with zero attached hydrogens (tertiary/aromatic N) is 2. The highest BCUT2D eigenvalue weighted by atomic mass is 127. The minimum absolute atomic E-state index is 0.488. The van der Waals surface area contributed by atoms with E-state index in [4.69, 9.17) is 4.74 Å².